The standard InChI is InChI=1S/C15H19N3O3/c19-14(13-10-21-9-7-16-13)17-12-6-8-18(15(12)20)11-4-2-1-3-5-11/h1-5,12-13,16H,6-10H2,(H,17,19). The molecule has 3 rings (SSSR count). The summed E-state index contributed by atoms with van der Waals surface area (Å²) in [7, 11) is 0. The monoisotopic (exact) mass is 289 g/mol. The van der Waals surface area contributed by atoms with E-state index in [0.29, 0.717) is 32.7 Å². The quantitative estimate of drug-likeness (QED) is 0.815. The Balaban J connectivity index is 1.60. The highest BCUT2D eigenvalue weighted by Gasteiger charge is 2.35. The summed E-state index contributed by atoms with van der Waals surface area (Å²) in [5.74, 6) is -0.214. The average Bonchev–Trinajstić information content (AvgIpc) is 2.90. The van der Waals surface area contributed by atoms with Crippen molar-refractivity contribution in [3.05, 3.63) is 30.3 Å². The number of morpholine rings is 1. The number of carbonyl (C=O) groups is 2. The number of hydrogen-bond acceptors (Lipinski definition) is 4. The van der Waals surface area contributed by atoms with Crippen LogP contribution in [0.1, 0.15) is 6.42 Å². The third kappa shape index (κ3) is 3.06. The highest BCUT2D eigenvalue weighted by Crippen LogP contribution is 2.21. The fraction of sp³-hybridized carbons (Fsp3) is 0.467. The lowest BCUT2D eigenvalue weighted by Crippen LogP contribution is -2.54. The lowest BCUT2D eigenvalue weighted by molar-refractivity contribution is -0.129. The van der Waals surface area contributed by atoms with Gasteiger partial charge in [-0.25, -0.2) is 0 Å². The van der Waals surface area contributed by atoms with E-state index in [4.69, 9.17) is 4.74 Å². The fourth-order valence-electron chi connectivity index (χ4n) is 2.68. The number of hydrogen-bond donors (Lipinski definition) is 2. The Labute approximate surface area is 123 Å². The minimum Gasteiger partial charge on any atom is -0.378 e. The van der Waals surface area contributed by atoms with Crippen LogP contribution in [-0.4, -0.2) is 50.2 Å². The van der Waals surface area contributed by atoms with E-state index in [1.165, 1.54) is 0 Å². The zero-order valence-electron chi connectivity index (χ0n) is 11.7. The Morgan fingerprint density at radius 1 is 1.33 bits per heavy atom. The molecule has 2 atom stereocenters. The van der Waals surface area contributed by atoms with Crippen molar-refractivity contribution in [1.82, 2.24) is 10.6 Å². The van der Waals surface area contributed by atoms with Crippen molar-refractivity contribution < 1.29 is 14.3 Å². The molecule has 6 heteroatoms. The normalized spacial score (nSPS) is 25.9. The van der Waals surface area contributed by atoms with Gasteiger partial charge in [-0.05, 0) is 18.6 Å². The summed E-state index contributed by atoms with van der Waals surface area (Å²) in [5.41, 5.74) is 0.873. The summed E-state index contributed by atoms with van der Waals surface area (Å²) in [6.45, 7) is 2.26. The van der Waals surface area contributed by atoms with Gasteiger partial charge >= 0.3 is 0 Å². The lowest BCUT2D eigenvalue weighted by atomic mass is 10.2. The first-order chi connectivity index (χ1) is 10.3. The smallest absolute Gasteiger partial charge is 0.249 e. The molecule has 1 aromatic rings. The van der Waals surface area contributed by atoms with E-state index >= 15 is 0 Å². The maximum Gasteiger partial charge on any atom is 0.249 e. The molecule has 2 aliphatic heterocycles. The van der Waals surface area contributed by atoms with Gasteiger partial charge < -0.3 is 20.3 Å². The van der Waals surface area contributed by atoms with Gasteiger partial charge in [-0.15, -0.1) is 0 Å². The van der Waals surface area contributed by atoms with Crippen molar-refractivity contribution in [3.63, 3.8) is 0 Å². The van der Waals surface area contributed by atoms with Crippen molar-refractivity contribution >= 4 is 17.5 Å². The fourth-order valence-corrected chi connectivity index (χ4v) is 2.68. The van der Waals surface area contributed by atoms with Gasteiger partial charge in [0.1, 0.15) is 12.1 Å². The predicted octanol–water partition coefficient (Wildman–Crippen LogP) is -0.103. The summed E-state index contributed by atoms with van der Waals surface area (Å²) in [4.78, 5) is 26.2. The van der Waals surface area contributed by atoms with E-state index < -0.39 is 6.04 Å². The van der Waals surface area contributed by atoms with E-state index in [-0.39, 0.29) is 17.9 Å². The van der Waals surface area contributed by atoms with Crippen LogP contribution >= 0.6 is 0 Å². The molecule has 2 unspecified atom stereocenters. The molecule has 0 aliphatic carbocycles. The Bertz CT molecular complexity index is 514. The molecular weight excluding hydrogens is 270 g/mol. The molecule has 6 nitrogen and oxygen atoms in total. The highest BCUT2D eigenvalue weighted by atomic mass is 16.5. The summed E-state index contributed by atoms with van der Waals surface area (Å²) < 4.78 is 5.27. The van der Waals surface area contributed by atoms with Gasteiger partial charge in [0.2, 0.25) is 11.8 Å². The number of carbonyl (C=O) groups excluding carboxylic acids is 2. The molecule has 2 amide bonds. The third-order valence-electron chi connectivity index (χ3n) is 3.83. The molecule has 0 bridgehead atoms. The van der Waals surface area contributed by atoms with Gasteiger partial charge in [0.15, 0.2) is 0 Å². The minimum absolute atomic E-state index is 0.0497. The largest absolute Gasteiger partial charge is 0.378 e. The van der Waals surface area contributed by atoms with Crippen molar-refractivity contribution in [2.45, 2.75) is 18.5 Å². The van der Waals surface area contributed by atoms with Crippen LogP contribution in [0.2, 0.25) is 0 Å². The molecule has 2 N–H and O–H groups in total. The second kappa shape index (κ2) is 6.24. The lowest BCUT2D eigenvalue weighted by Gasteiger charge is -2.24. The van der Waals surface area contributed by atoms with Crippen LogP contribution in [0.15, 0.2) is 30.3 Å². The zero-order chi connectivity index (χ0) is 14.7. The molecule has 2 heterocycles. The van der Waals surface area contributed by atoms with Gasteiger partial charge in [0.05, 0.1) is 13.2 Å². The minimum atomic E-state index is -0.443. The molecule has 0 saturated carbocycles. The molecule has 0 aromatic heterocycles. The topological polar surface area (TPSA) is 70.7 Å². The Morgan fingerprint density at radius 2 is 2.14 bits per heavy atom. The zero-order valence-corrected chi connectivity index (χ0v) is 11.7. The van der Waals surface area contributed by atoms with Crippen LogP contribution < -0.4 is 15.5 Å². The molecule has 0 spiro atoms. The van der Waals surface area contributed by atoms with Gasteiger partial charge in [0, 0.05) is 18.8 Å². The van der Waals surface area contributed by atoms with Crippen molar-refractivity contribution in [2.24, 2.45) is 0 Å². The van der Waals surface area contributed by atoms with Gasteiger partial charge in [0.25, 0.3) is 0 Å². The average molecular weight is 289 g/mol. The second-order valence-electron chi connectivity index (χ2n) is 5.26. The summed E-state index contributed by atoms with van der Waals surface area (Å²) in [6.07, 6.45) is 0.632. The van der Waals surface area contributed by atoms with Crippen LogP contribution in [0, 0.1) is 0 Å². The summed E-state index contributed by atoms with van der Waals surface area (Å²) in [6, 6.07) is 8.71. The first-order valence-electron chi connectivity index (χ1n) is 7.23. The molecule has 2 aliphatic rings. The summed E-state index contributed by atoms with van der Waals surface area (Å²) >= 11 is 0. The number of benzene rings is 1. The molecule has 2 saturated heterocycles. The molecule has 112 valence electrons. The van der Waals surface area contributed by atoms with Crippen LogP contribution in [0.5, 0.6) is 0 Å². The Hall–Kier alpha value is -1.92. The Morgan fingerprint density at radius 3 is 2.86 bits per heavy atom. The molecule has 0 radical (unpaired) electrons. The van der Waals surface area contributed by atoms with Gasteiger partial charge in [-0.3, -0.25) is 9.59 Å². The van der Waals surface area contributed by atoms with E-state index in [9.17, 15) is 9.59 Å². The molecule has 21 heavy (non-hydrogen) atoms. The van der Waals surface area contributed by atoms with Crippen LogP contribution in [-0.2, 0) is 14.3 Å². The van der Waals surface area contributed by atoms with Crippen molar-refractivity contribution in [1.29, 1.82) is 0 Å². The second-order valence-corrected chi connectivity index (χ2v) is 5.26. The van der Waals surface area contributed by atoms with Crippen LogP contribution in [0.25, 0.3) is 0 Å². The van der Waals surface area contributed by atoms with E-state index in [2.05, 4.69) is 10.6 Å². The molecule has 2 fully saturated rings. The first-order valence-corrected chi connectivity index (χ1v) is 7.23. The molecular formula is C15H19N3O3. The number of nitrogens with one attached hydrogen (secondary N) is 2. The van der Waals surface area contributed by atoms with Gasteiger partial charge in [-0.2, -0.15) is 0 Å². The van der Waals surface area contributed by atoms with E-state index in [0.717, 1.165) is 5.69 Å². The third-order valence-corrected chi connectivity index (χ3v) is 3.83. The number of ether oxygens (including phenoxy) is 1. The number of rotatable bonds is 3. The summed E-state index contributed by atoms with van der Waals surface area (Å²) in [5, 5.41) is 5.91. The number of nitrogens with zero attached hydrogens (tertiary/aromatic N) is 1. The SMILES string of the molecule is O=C(NC1CCN(c2ccccc2)C1=O)C1COCCN1. The van der Waals surface area contributed by atoms with Crippen molar-refractivity contribution in [2.75, 3.05) is 31.2 Å². The number of anilines is 1. The van der Waals surface area contributed by atoms with Crippen molar-refractivity contribution in [3.8, 4) is 0 Å². The first kappa shape index (κ1) is 14.0. The van der Waals surface area contributed by atoms with Gasteiger partial charge in [-0.1, -0.05) is 18.2 Å². The molecule has 1 aromatic carbocycles. The highest BCUT2D eigenvalue weighted by molar-refractivity contribution is 6.01. The predicted molar refractivity (Wildman–Crippen MR) is 78.0 cm³/mol. The maximum absolute atomic E-state index is 12.4. The maximum atomic E-state index is 12.4. The number of amides is 2. The number of para-hydroxylation sites is 1. The van der Waals surface area contributed by atoms with E-state index in [1.54, 1.807) is 4.90 Å². The van der Waals surface area contributed by atoms with E-state index in [1.807, 2.05) is 30.3 Å². The van der Waals surface area contributed by atoms with Crippen LogP contribution in [0.3, 0.4) is 0 Å². The Kier molecular flexibility index (Phi) is 4.17. The van der Waals surface area contributed by atoms with Crippen LogP contribution in [0.4, 0.5) is 5.69 Å².